The molecule has 0 unspecified atom stereocenters. The summed E-state index contributed by atoms with van der Waals surface area (Å²) in [6.07, 6.45) is 0.651. The Labute approximate surface area is 161 Å². The summed E-state index contributed by atoms with van der Waals surface area (Å²) in [5, 5.41) is 0. The van der Waals surface area contributed by atoms with Crippen LogP contribution in [0.25, 0.3) is 0 Å². The van der Waals surface area contributed by atoms with E-state index < -0.39 is 26.6 Å². The number of sulfonamides is 1. The Balaban J connectivity index is 1.59. The van der Waals surface area contributed by atoms with E-state index in [9.17, 15) is 26.4 Å². The lowest BCUT2D eigenvalue weighted by molar-refractivity contribution is -0.132. The average Bonchev–Trinajstić information content (AvgIpc) is 2.67. The molecule has 150 valence electrons. The Morgan fingerprint density at radius 3 is 2.04 bits per heavy atom. The normalized spacial score (nSPS) is 15.6. The standard InChI is InChI=1S/C19H19F3N2O3S/c20-15-7-4-14(5-8-15)6-9-18(25)23-10-12-24(13-11-23)28(26,27)19-16(21)2-1-3-17(19)22/h1-5,7-8H,6,9-13H2. The average molecular weight is 412 g/mol. The third kappa shape index (κ3) is 4.36. The lowest BCUT2D eigenvalue weighted by Crippen LogP contribution is -2.50. The molecule has 5 nitrogen and oxygen atoms in total. The van der Waals surface area contributed by atoms with Gasteiger partial charge in [-0.1, -0.05) is 18.2 Å². The van der Waals surface area contributed by atoms with E-state index in [0.29, 0.717) is 6.42 Å². The molecule has 1 aliphatic rings. The number of halogens is 3. The molecule has 2 aromatic rings. The second-order valence-electron chi connectivity index (χ2n) is 6.46. The predicted molar refractivity (Wildman–Crippen MR) is 96.4 cm³/mol. The van der Waals surface area contributed by atoms with Crippen molar-refractivity contribution in [1.29, 1.82) is 0 Å². The summed E-state index contributed by atoms with van der Waals surface area (Å²) in [5.41, 5.74) is 0.825. The maximum Gasteiger partial charge on any atom is 0.249 e. The summed E-state index contributed by atoms with van der Waals surface area (Å²) in [7, 11) is -4.32. The molecule has 9 heteroatoms. The summed E-state index contributed by atoms with van der Waals surface area (Å²) in [5.74, 6) is -2.78. The molecule has 1 heterocycles. The predicted octanol–water partition coefficient (Wildman–Crippen LogP) is 2.57. The highest BCUT2D eigenvalue weighted by Crippen LogP contribution is 2.23. The lowest BCUT2D eigenvalue weighted by atomic mass is 10.1. The first-order chi connectivity index (χ1) is 13.3. The minimum atomic E-state index is -4.32. The summed E-state index contributed by atoms with van der Waals surface area (Å²) >= 11 is 0. The SMILES string of the molecule is O=C(CCc1ccc(F)cc1)N1CCN(S(=O)(=O)c2c(F)cccc2F)CC1. The van der Waals surface area contributed by atoms with E-state index in [4.69, 9.17) is 0 Å². The van der Waals surface area contributed by atoms with Crippen molar-refractivity contribution in [2.75, 3.05) is 26.2 Å². The van der Waals surface area contributed by atoms with Crippen molar-refractivity contribution in [2.24, 2.45) is 0 Å². The van der Waals surface area contributed by atoms with Crippen molar-refractivity contribution >= 4 is 15.9 Å². The molecular formula is C19H19F3N2O3S. The molecule has 0 aliphatic carbocycles. The van der Waals surface area contributed by atoms with Crippen LogP contribution in [0.15, 0.2) is 47.4 Å². The fourth-order valence-electron chi connectivity index (χ4n) is 3.10. The molecule has 2 aromatic carbocycles. The number of carbonyl (C=O) groups is 1. The van der Waals surface area contributed by atoms with Crippen LogP contribution in [0.4, 0.5) is 13.2 Å². The number of piperazine rings is 1. The Morgan fingerprint density at radius 1 is 0.893 bits per heavy atom. The van der Waals surface area contributed by atoms with E-state index >= 15 is 0 Å². The van der Waals surface area contributed by atoms with E-state index in [0.717, 1.165) is 28.1 Å². The minimum Gasteiger partial charge on any atom is -0.340 e. The topological polar surface area (TPSA) is 57.7 Å². The monoisotopic (exact) mass is 412 g/mol. The second-order valence-corrected chi connectivity index (χ2v) is 8.34. The molecule has 0 saturated carbocycles. The van der Waals surface area contributed by atoms with Gasteiger partial charge in [0.2, 0.25) is 15.9 Å². The highest BCUT2D eigenvalue weighted by atomic mass is 32.2. The molecule has 1 aliphatic heterocycles. The van der Waals surface area contributed by atoms with Crippen LogP contribution in [-0.2, 0) is 21.2 Å². The zero-order valence-corrected chi connectivity index (χ0v) is 15.8. The molecule has 28 heavy (non-hydrogen) atoms. The van der Waals surface area contributed by atoms with Gasteiger partial charge in [0.1, 0.15) is 17.5 Å². The zero-order chi connectivity index (χ0) is 20.3. The first kappa shape index (κ1) is 20.3. The first-order valence-electron chi connectivity index (χ1n) is 8.75. The Hall–Kier alpha value is -2.39. The quantitative estimate of drug-likeness (QED) is 0.759. The van der Waals surface area contributed by atoms with Crippen LogP contribution in [0.1, 0.15) is 12.0 Å². The molecule has 3 rings (SSSR count). The van der Waals surface area contributed by atoms with Crippen molar-refractivity contribution in [3.8, 4) is 0 Å². The van der Waals surface area contributed by atoms with Gasteiger partial charge in [-0.3, -0.25) is 4.79 Å². The van der Waals surface area contributed by atoms with Crippen LogP contribution < -0.4 is 0 Å². The Bertz CT molecular complexity index is 937. The number of carbonyl (C=O) groups excluding carboxylic acids is 1. The molecular weight excluding hydrogens is 393 g/mol. The molecule has 0 spiro atoms. The molecule has 0 N–H and O–H groups in total. The third-order valence-electron chi connectivity index (χ3n) is 4.65. The van der Waals surface area contributed by atoms with Crippen LogP contribution in [-0.4, -0.2) is 49.7 Å². The van der Waals surface area contributed by atoms with Crippen molar-refractivity contribution in [2.45, 2.75) is 17.7 Å². The molecule has 0 aromatic heterocycles. The van der Waals surface area contributed by atoms with Gasteiger partial charge in [0.25, 0.3) is 0 Å². The number of rotatable bonds is 5. The fourth-order valence-corrected chi connectivity index (χ4v) is 4.63. The Kier molecular flexibility index (Phi) is 6.04. The van der Waals surface area contributed by atoms with Gasteiger partial charge in [0.05, 0.1) is 0 Å². The van der Waals surface area contributed by atoms with Gasteiger partial charge in [-0.05, 0) is 36.2 Å². The van der Waals surface area contributed by atoms with Gasteiger partial charge < -0.3 is 4.90 Å². The molecule has 0 atom stereocenters. The zero-order valence-electron chi connectivity index (χ0n) is 14.9. The number of benzene rings is 2. The summed E-state index contributed by atoms with van der Waals surface area (Å²) in [4.78, 5) is 12.9. The highest BCUT2D eigenvalue weighted by Gasteiger charge is 2.33. The lowest BCUT2D eigenvalue weighted by Gasteiger charge is -2.34. The van der Waals surface area contributed by atoms with E-state index in [-0.39, 0.29) is 44.3 Å². The van der Waals surface area contributed by atoms with E-state index in [2.05, 4.69) is 0 Å². The fraction of sp³-hybridized carbons (Fsp3) is 0.316. The summed E-state index contributed by atoms with van der Waals surface area (Å²) in [6.45, 7) is 0.186. The van der Waals surface area contributed by atoms with Crippen LogP contribution in [0.2, 0.25) is 0 Å². The van der Waals surface area contributed by atoms with Gasteiger partial charge in [-0.15, -0.1) is 0 Å². The van der Waals surface area contributed by atoms with Gasteiger partial charge in [0, 0.05) is 32.6 Å². The smallest absolute Gasteiger partial charge is 0.249 e. The molecule has 1 fully saturated rings. The van der Waals surface area contributed by atoms with E-state index in [1.165, 1.54) is 17.0 Å². The maximum absolute atomic E-state index is 13.9. The van der Waals surface area contributed by atoms with Crippen LogP contribution in [0, 0.1) is 17.5 Å². The number of aryl methyl sites for hydroxylation is 1. The number of amides is 1. The molecule has 0 bridgehead atoms. The van der Waals surface area contributed by atoms with Gasteiger partial charge in [-0.25, -0.2) is 21.6 Å². The number of hydrogen-bond acceptors (Lipinski definition) is 3. The van der Waals surface area contributed by atoms with Crippen LogP contribution >= 0.6 is 0 Å². The molecule has 1 saturated heterocycles. The van der Waals surface area contributed by atoms with E-state index in [1.54, 1.807) is 12.1 Å². The third-order valence-corrected chi connectivity index (χ3v) is 6.60. The molecule has 1 amide bonds. The molecule has 0 radical (unpaired) electrons. The minimum absolute atomic E-state index is 0.0433. The first-order valence-corrected chi connectivity index (χ1v) is 10.2. The van der Waals surface area contributed by atoms with Crippen LogP contribution in [0.3, 0.4) is 0 Å². The van der Waals surface area contributed by atoms with Crippen LogP contribution in [0.5, 0.6) is 0 Å². The van der Waals surface area contributed by atoms with Crippen molar-refractivity contribution in [3.63, 3.8) is 0 Å². The summed E-state index contributed by atoms with van der Waals surface area (Å²) < 4.78 is 66.7. The second kappa shape index (κ2) is 8.32. The van der Waals surface area contributed by atoms with Gasteiger partial charge >= 0.3 is 0 Å². The number of hydrogen-bond donors (Lipinski definition) is 0. The maximum atomic E-state index is 13.9. The number of nitrogens with zero attached hydrogens (tertiary/aromatic N) is 2. The van der Waals surface area contributed by atoms with Crippen molar-refractivity contribution < 1.29 is 26.4 Å². The van der Waals surface area contributed by atoms with Crippen molar-refractivity contribution in [1.82, 2.24) is 9.21 Å². The summed E-state index contributed by atoms with van der Waals surface area (Å²) in [6, 6.07) is 8.75. The largest absolute Gasteiger partial charge is 0.340 e. The van der Waals surface area contributed by atoms with Crippen molar-refractivity contribution in [3.05, 3.63) is 65.5 Å². The van der Waals surface area contributed by atoms with Gasteiger partial charge in [0.15, 0.2) is 4.90 Å². The van der Waals surface area contributed by atoms with Gasteiger partial charge in [-0.2, -0.15) is 4.31 Å². The highest BCUT2D eigenvalue weighted by molar-refractivity contribution is 7.89. The van der Waals surface area contributed by atoms with E-state index in [1.807, 2.05) is 0 Å². The Morgan fingerprint density at radius 2 is 1.46 bits per heavy atom.